The van der Waals surface area contributed by atoms with Gasteiger partial charge in [-0.2, -0.15) is 0 Å². The first-order valence-corrected chi connectivity index (χ1v) is 8.66. The van der Waals surface area contributed by atoms with E-state index in [-0.39, 0.29) is 25.8 Å². The molecule has 154 valence electrons. The number of halogens is 1. The summed E-state index contributed by atoms with van der Waals surface area (Å²) in [6, 6.07) is -1.92. The number of β-amino-alcohol motifs (C(OH)–C–C–N with tert-alkyl or cyclic N) is 1. The van der Waals surface area contributed by atoms with Gasteiger partial charge in [0.25, 0.3) is 11.9 Å². The molecule has 3 atom stereocenters. The lowest BCUT2D eigenvalue weighted by Gasteiger charge is -2.35. The molecule has 9 nitrogen and oxygen atoms in total. The van der Waals surface area contributed by atoms with E-state index < -0.39 is 53.0 Å². The number of hydrogen-bond donors (Lipinski definition) is 4. The SMILES string of the molecule is CC(=O)O.CC(C)(C)[C@H](NC(=O)C1(F)CC1)C(=O)N1CC(O)CC1C(N)=O. The van der Waals surface area contributed by atoms with Gasteiger partial charge in [-0.15, -0.1) is 0 Å². The predicted molar refractivity (Wildman–Crippen MR) is 93.1 cm³/mol. The maximum atomic E-state index is 13.9. The third-order valence-electron chi connectivity index (χ3n) is 4.37. The van der Waals surface area contributed by atoms with Crippen molar-refractivity contribution in [3.8, 4) is 0 Å². The molecule has 27 heavy (non-hydrogen) atoms. The van der Waals surface area contributed by atoms with Gasteiger partial charge >= 0.3 is 0 Å². The molecule has 1 aliphatic carbocycles. The summed E-state index contributed by atoms with van der Waals surface area (Å²) in [6.45, 7) is 6.26. The van der Waals surface area contributed by atoms with Crippen LogP contribution in [-0.4, -0.2) is 69.2 Å². The number of aliphatic carboxylic acids is 1. The summed E-state index contributed by atoms with van der Waals surface area (Å²) in [4.78, 5) is 46.5. The van der Waals surface area contributed by atoms with E-state index in [0.29, 0.717) is 0 Å². The number of alkyl halides is 1. The quantitative estimate of drug-likeness (QED) is 0.512. The van der Waals surface area contributed by atoms with Gasteiger partial charge in [-0.1, -0.05) is 20.8 Å². The van der Waals surface area contributed by atoms with Gasteiger partial charge in [0.2, 0.25) is 11.8 Å². The van der Waals surface area contributed by atoms with Crippen molar-refractivity contribution < 1.29 is 33.8 Å². The monoisotopic (exact) mass is 389 g/mol. The van der Waals surface area contributed by atoms with Crippen LogP contribution in [0.1, 0.15) is 47.0 Å². The molecule has 2 rings (SSSR count). The van der Waals surface area contributed by atoms with Crippen LogP contribution in [-0.2, 0) is 19.2 Å². The standard InChI is InChI=1S/C15H24FN3O4.C2H4O2/c1-14(2,3)10(18-13(23)15(16)4-5-15)12(22)19-7-8(20)6-9(19)11(17)21;1-2(3)4/h8-10,20H,4-7H2,1-3H3,(H2,17,21)(H,18,23);1H3,(H,3,4)/t8?,9?,10-;/m1./s1. The zero-order valence-electron chi connectivity index (χ0n) is 16.0. The Morgan fingerprint density at radius 1 is 1.26 bits per heavy atom. The van der Waals surface area contributed by atoms with Crippen molar-refractivity contribution in [1.29, 1.82) is 0 Å². The minimum absolute atomic E-state index is 0.0321. The largest absolute Gasteiger partial charge is 0.481 e. The molecule has 1 aliphatic heterocycles. The number of carboxylic acids is 1. The fourth-order valence-electron chi connectivity index (χ4n) is 2.74. The van der Waals surface area contributed by atoms with Crippen LogP contribution in [0.4, 0.5) is 4.39 Å². The summed E-state index contributed by atoms with van der Waals surface area (Å²) >= 11 is 0. The molecular formula is C17H28FN3O6. The van der Waals surface area contributed by atoms with Gasteiger partial charge in [-0.3, -0.25) is 19.2 Å². The first-order chi connectivity index (χ1) is 12.2. The maximum absolute atomic E-state index is 13.9. The highest BCUT2D eigenvalue weighted by Crippen LogP contribution is 2.40. The Morgan fingerprint density at radius 3 is 2.11 bits per heavy atom. The van der Waals surface area contributed by atoms with Crippen LogP contribution in [0.25, 0.3) is 0 Å². The van der Waals surface area contributed by atoms with Crippen LogP contribution >= 0.6 is 0 Å². The van der Waals surface area contributed by atoms with Crippen LogP contribution in [0.3, 0.4) is 0 Å². The molecular weight excluding hydrogens is 361 g/mol. The average Bonchev–Trinajstić information content (AvgIpc) is 3.12. The van der Waals surface area contributed by atoms with E-state index in [9.17, 15) is 23.9 Å². The molecule has 3 amide bonds. The van der Waals surface area contributed by atoms with E-state index in [1.165, 1.54) is 4.90 Å². The van der Waals surface area contributed by atoms with Gasteiger partial charge in [0.1, 0.15) is 12.1 Å². The molecule has 0 aromatic heterocycles. The Hall–Kier alpha value is -2.23. The number of nitrogens with one attached hydrogen (secondary N) is 1. The lowest BCUT2D eigenvalue weighted by molar-refractivity contribution is -0.144. The van der Waals surface area contributed by atoms with Gasteiger partial charge in [0.15, 0.2) is 5.67 Å². The highest BCUT2D eigenvalue weighted by molar-refractivity contribution is 5.95. The summed E-state index contributed by atoms with van der Waals surface area (Å²) in [5.41, 5.74) is 2.71. The second kappa shape index (κ2) is 8.20. The topological polar surface area (TPSA) is 150 Å². The first-order valence-electron chi connectivity index (χ1n) is 8.66. The molecule has 1 saturated heterocycles. The normalized spacial score (nSPS) is 24.3. The van der Waals surface area contributed by atoms with Crippen molar-refractivity contribution in [3.05, 3.63) is 0 Å². The Bertz CT molecular complexity index is 610. The van der Waals surface area contributed by atoms with Gasteiger partial charge < -0.3 is 26.2 Å². The number of aliphatic hydroxyl groups excluding tert-OH is 1. The number of hydrogen-bond acceptors (Lipinski definition) is 5. The third-order valence-corrected chi connectivity index (χ3v) is 4.37. The first kappa shape index (κ1) is 22.8. The Balaban J connectivity index is 0.000000828. The number of carbonyl (C=O) groups excluding carboxylic acids is 3. The Morgan fingerprint density at radius 2 is 1.74 bits per heavy atom. The van der Waals surface area contributed by atoms with Gasteiger partial charge in [-0.25, -0.2) is 4.39 Å². The smallest absolute Gasteiger partial charge is 0.300 e. The van der Waals surface area contributed by atoms with Crippen molar-refractivity contribution in [2.24, 2.45) is 11.1 Å². The minimum Gasteiger partial charge on any atom is -0.481 e. The molecule has 10 heteroatoms. The summed E-state index contributed by atoms with van der Waals surface area (Å²) < 4.78 is 13.9. The zero-order valence-corrected chi connectivity index (χ0v) is 16.0. The predicted octanol–water partition coefficient (Wildman–Crippen LogP) is -0.443. The van der Waals surface area contributed by atoms with Gasteiger partial charge in [0, 0.05) is 19.9 Å². The minimum atomic E-state index is -1.89. The maximum Gasteiger partial charge on any atom is 0.300 e. The van der Waals surface area contributed by atoms with Crippen molar-refractivity contribution in [2.45, 2.75) is 70.8 Å². The highest BCUT2D eigenvalue weighted by atomic mass is 19.1. The molecule has 0 radical (unpaired) electrons. The van der Waals surface area contributed by atoms with Crippen LogP contribution in [0.15, 0.2) is 0 Å². The lowest BCUT2D eigenvalue weighted by Crippen LogP contribution is -2.58. The summed E-state index contributed by atoms with van der Waals surface area (Å²) in [5.74, 6) is -2.88. The zero-order chi connectivity index (χ0) is 21.2. The van der Waals surface area contributed by atoms with E-state index in [1.807, 2.05) is 0 Å². The van der Waals surface area contributed by atoms with Crippen LogP contribution < -0.4 is 11.1 Å². The van der Waals surface area contributed by atoms with Crippen LogP contribution in [0, 0.1) is 5.41 Å². The van der Waals surface area contributed by atoms with Crippen LogP contribution in [0.2, 0.25) is 0 Å². The van der Waals surface area contributed by atoms with Gasteiger partial charge in [-0.05, 0) is 18.3 Å². The number of carboxylic acid groups (broad SMARTS) is 1. The Kier molecular flexibility index (Phi) is 6.93. The number of nitrogens with two attached hydrogens (primary N) is 1. The number of carbonyl (C=O) groups is 4. The van der Waals surface area contributed by atoms with E-state index in [0.717, 1.165) is 6.92 Å². The summed E-state index contributed by atoms with van der Waals surface area (Å²) in [6.07, 6.45) is -0.477. The van der Waals surface area contributed by atoms with E-state index in [2.05, 4.69) is 5.32 Å². The van der Waals surface area contributed by atoms with Crippen LogP contribution in [0.5, 0.6) is 0 Å². The van der Waals surface area contributed by atoms with E-state index in [1.54, 1.807) is 20.8 Å². The summed E-state index contributed by atoms with van der Waals surface area (Å²) in [7, 11) is 0. The van der Waals surface area contributed by atoms with Crippen molar-refractivity contribution in [3.63, 3.8) is 0 Å². The number of amides is 3. The van der Waals surface area contributed by atoms with E-state index >= 15 is 0 Å². The van der Waals surface area contributed by atoms with Crippen molar-refractivity contribution in [2.75, 3.05) is 6.54 Å². The van der Waals surface area contributed by atoms with Gasteiger partial charge in [0.05, 0.1) is 6.10 Å². The highest BCUT2D eigenvalue weighted by Gasteiger charge is 2.53. The Labute approximate surface area is 157 Å². The molecule has 0 spiro atoms. The number of primary amides is 1. The number of nitrogens with zero attached hydrogens (tertiary/aromatic N) is 1. The third kappa shape index (κ3) is 6.16. The number of aliphatic hydroxyl groups is 1. The fraction of sp³-hybridized carbons (Fsp3) is 0.765. The molecule has 2 fully saturated rings. The molecule has 5 N–H and O–H groups in total. The van der Waals surface area contributed by atoms with Crippen molar-refractivity contribution >= 4 is 23.7 Å². The second-order valence-corrected chi connectivity index (χ2v) is 8.06. The second-order valence-electron chi connectivity index (χ2n) is 8.06. The molecule has 1 heterocycles. The van der Waals surface area contributed by atoms with Crippen molar-refractivity contribution in [1.82, 2.24) is 10.2 Å². The molecule has 0 aromatic carbocycles. The number of likely N-dealkylation sites (tertiary alicyclic amines) is 1. The molecule has 0 bridgehead atoms. The molecule has 2 unspecified atom stereocenters. The lowest BCUT2D eigenvalue weighted by atomic mass is 9.85. The summed E-state index contributed by atoms with van der Waals surface area (Å²) in [5, 5.41) is 19.6. The van der Waals surface area contributed by atoms with E-state index in [4.69, 9.17) is 15.6 Å². The molecule has 1 saturated carbocycles. The molecule has 0 aromatic rings. The fourth-order valence-corrected chi connectivity index (χ4v) is 2.74. The number of rotatable bonds is 4. The average molecular weight is 389 g/mol. The molecule has 2 aliphatic rings.